The van der Waals surface area contributed by atoms with E-state index in [2.05, 4.69) is 50.5 Å². The average Bonchev–Trinajstić information content (AvgIpc) is 2.98. The molecule has 2 aromatic rings. The second-order valence-electron chi connectivity index (χ2n) is 6.93. The largest absolute Gasteiger partial charge is 0.371 e. The molecular formula is C19H24N4O. The highest BCUT2D eigenvalue weighted by Gasteiger charge is 2.43. The summed E-state index contributed by atoms with van der Waals surface area (Å²) in [7, 11) is 0. The molecule has 5 nitrogen and oxygen atoms in total. The van der Waals surface area contributed by atoms with E-state index in [4.69, 9.17) is 4.74 Å². The Hall–Kier alpha value is -1.98. The fraction of sp³-hybridized carbons (Fsp3) is 0.474. The van der Waals surface area contributed by atoms with Crippen molar-refractivity contribution in [3.8, 4) is 0 Å². The van der Waals surface area contributed by atoms with E-state index < -0.39 is 0 Å². The Morgan fingerprint density at radius 2 is 2.17 bits per heavy atom. The molecule has 2 atom stereocenters. The number of nitrogens with one attached hydrogen (secondary N) is 1. The topological polar surface area (TPSA) is 50.3 Å². The normalized spacial score (nSPS) is 27.4. The van der Waals surface area contributed by atoms with Crippen LogP contribution in [0.4, 0.5) is 5.82 Å². The molecule has 0 saturated carbocycles. The van der Waals surface area contributed by atoms with Crippen LogP contribution in [0, 0.1) is 0 Å². The summed E-state index contributed by atoms with van der Waals surface area (Å²) in [6.45, 7) is 3.92. The highest BCUT2D eigenvalue weighted by atomic mass is 16.5. The summed E-state index contributed by atoms with van der Waals surface area (Å²) in [6.07, 6.45) is 8.57. The van der Waals surface area contributed by atoms with Gasteiger partial charge in [-0.15, -0.1) is 0 Å². The smallest absolute Gasteiger partial charge is 0.144 e. The van der Waals surface area contributed by atoms with Crippen LogP contribution in [0.2, 0.25) is 0 Å². The van der Waals surface area contributed by atoms with E-state index in [0.717, 1.165) is 44.9 Å². The zero-order valence-corrected chi connectivity index (χ0v) is 13.9. The molecule has 1 spiro atoms. The number of ether oxygens (including phenoxy) is 1. The summed E-state index contributed by atoms with van der Waals surface area (Å²) >= 11 is 0. The Bertz CT molecular complexity index is 651. The van der Waals surface area contributed by atoms with Crippen molar-refractivity contribution in [2.75, 3.05) is 25.0 Å². The predicted molar refractivity (Wildman–Crippen MR) is 93.7 cm³/mol. The lowest BCUT2D eigenvalue weighted by molar-refractivity contribution is -0.0533. The highest BCUT2D eigenvalue weighted by molar-refractivity contribution is 5.32. The van der Waals surface area contributed by atoms with Crippen LogP contribution in [0.1, 0.15) is 24.8 Å². The maximum Gasteiger partial charge on any atom is 0.144 e. The summed E-state index contributed by atoms with van der Waals surface area (Å²) in [6, 6.07) is 11.0. The Balaban J connectivity index is 1.37. The third-order valence-corrected chi connectivity index (χ3v) is 4.99. The molecule has 126 valence electrons. The lowest BCUT2D eigenvalue weighted by Crippen LogP contribution is -2.47. The molecule has 4 rings (SSSR count). The van der Waals surface area contributed by atoms with Crippen LogP contribution in [-0.2, 0) is 11.3 Å². The van der Waals surface area contributed by atoms with E-state index in [-0.39, 0.29) is 5.60 Å². The first kappa shape index (κ1) is 15.5. The zero-order chi connectivity index (χ0) is 16.2. The second-order valence-corrected chi connectivity index (χ2v) is 6.93. The fourth-order valence-corrected chi connectivity index (χ4v) is 3.97. The van der Waals surface area contributed by atoms with Gasteiger partial charge in [-0.1, -0.05) is 30.3 Å². The van der Waals surface area contributed by atoms with Crippen molar-refractivity contribution in [3.63, 3.8) is 0 Å². The Morgan fingerprint density at radius 3 is 3.00 bits per heavy atom. The molecule has 1 aromatic carbocycles. The predicted octanol–water partition coefficient (Wildman–Crippen LogP) is 2.71. The number of piperidine rings is 1. The van der Waals surface area contributed by atoms with Crippen molar-refractivity contribution < 1.29 is 4.74 Å². The molecule has 2 aliphatic rings. The van der Waals surface area contributed by atoms with Crippen LogP contribution in [0.25, 0.3) is 0 Å². The molecule has 2 fully saturated rings. The highest BCUT2D eigenvalue weighted by Crippen LogP contribution is 2.36. The number of aromatic nitrogens is 2. The van der Waals surface area contributed by atoms with Crippen LogP contribution in [0.15, 0.2) is 48.9 Å². The average molecular weight is 324 g/mol. The minimum absolute atomic E-state index is 0.00704. The van der Waals surface area contributed by atoms with Gasteiger partial charge in [0.25, 0.3) is 0 Å². The van der Waals surface area contributed by atoms with E-state index >= 15 is 0 Å². The number of anilines is 1. The van der Waals surface area contributed by atoms with Crippen molar-refractivity contribution >= 4 is 5.82 Å². The summed E-state index contributed by atoms with van der Waals surface area (Å²) in [5.41, 5.74) is 1.37. The van der Waals surface area contributed by atoms with Gasteiger partial charge in [-0.25, -0.2) is 4.98 Å². The third kappa shape index (κ3) is 3.57. The lowest BCUT2D eigenvalue weighted by Gasteiger charge is -2.39. The van der Waals surface area contributed by atoms with E-state index in [1.165, 1.54) is 12.0 Å². The number of benzene rings is 1. The fourth-order valence-electron chi connectivity index (χ4n) is 3.97. The molecule has 1 aromatic heterocycles. The third-order valence-electron chi connectivity index (χ3n) is 4.99. The molecule has 3 heterocycles. The number of hydrogen-bond acceptors (Lipinski definition) is 5. The van der Waals surface area contributed by atoms with Crippen molar-refractivity contribution in [2.45, 2.75) is 37.5 Å². The van der Waals surface area contributed by atoms with Crippen molar-refractivity contribution in [2.24, 2.45) is 0 Å². The van der Waals surface area contributed by atoms with Gasteiger partial charge in [0.05, 0.1) is 24.4 Å². The number of rotatable bonds is 4. The minimum Gasteiger partial charge on any atom is -0.371 e. The van der Waals surface area contributed by atoms with Crippen LogP contribution in [0.3, 0.4) is 0 Å². The minimum atomic E-state index is -0.00704. The van der Waals surface area contributed by atoms with Gasteiger partial charge >= 0.3 is 0 Å². The van der Waals surface area contributed by atoms with Gasteiger partial charge in [0, 0.05) is 31.9 Å². The molecule has 0 radical (unpaired) electrons. The maximum atomic E-state index is 6.28. The summed E-state index contributed by atoms with van der Waals surface area (Å²) in [5, 5.41) is 3.46. The van der Waals surface area contributed by atoms with Gasteiger partial charge in [-0.2, -0.15) is 0 Å². The molecule has 0 unspecified atom stereocenters. The van der Waals surface area contributed by atoms with E-state index in [0.29, 0.717) is 6.04 Å². The standard InChI is InChI=1S/C19H24N4O/c1-2-5-16(6-3-1)13-23-10-4-7-19(15-23)11-17(14-24-19)22-18-12-20-8-9-21-18/h1-3,5-6,8-9,12,17H,4,7,10-11,13-15H2,(H,21,22)/t17-,19+/m0/s1. The van der Waals surface area contributed by atoms with Crippen molar-refractivity contribution in [1.82, 2.24) is 14.9 Å². The SMILES string of the molecule is c1ccc(CN2CCC[C@@]3(C[C@H](Nc4cnccn4)CO3)C2)cc1. The zero-order valence-electron chi connectivity index (χ0n) is 13.9. The molecule has 0 aliphatic carbocycles. The molecule has 2 aliphatic heterocycles. The first-order valence-electron chi connectivity index (χ1n) is 8.74. The number of nitrogens with zero attached hydrogens (tertiary/aromatic N) is 3. The molecule has 2 saturated heterocycles. The first-order chi connectivity index (χ1) is 11.8. The van der Waals surface area contributed by atoms with Crippen molar-refractivity contribution in [1.29, 1.82) is 0 Å². The van der Waals surface area contributed by atoms with Crippen LogP contribution < -0.4 is 5.32 Å². The van der Waals surface area contributed by atoms with Crippen LogP contribution in [0.5, 0.6) is 0 Å². The van der Waals surface area contributed by atoms with E-state index in [1.54, 1.807) is 18.6 Å². The molecule has 24 heavy (non-hydrogen) atoms. The summed E-state index contributed by atoms with van der Waals surface area (Å²) in [4.78, 5) is 11.0. The summed E-state index contributed by atoms with van der Waals surface area (Å²) < 4.78 is 6.28. The second kappa shape index (κ2) is 6.87. The Labute approximate surface area is 143 Å². The van der Waals surface area contributed by atoms with Gasteiger partial charge in [-0.05, 0) is 24.9 Å². The molecule has 1 N–H and O–H groups in total. The quantitative estimate of drug-likeness (QED) is 0.937. The van der Waals surface area contributed by atoms with Gasteiger partial charge in [0.2, 0.25) is 0 Å². The monoisotopic (exact) mass is 324 g/mol. The van der Waals surface area contributed by atoms with Crippen LogP contribution in [-0.4, -0.2) is 46.2 Å². The number of hydrogen-bond donors (Lipinski definition) is 1. The van der Waals surface area contributed by atoms with Gasteiger partial charge in [0.15, 0.2) is 0 Å². The molecular weight excluding hydrogens is 300 g/mol. The molecule has 0 amide bonds. The Morgan fingerprint density at radius 1 is 1.25 bits per heavy atom. The van der Waals surface area contributed by atoms with Gasteiger partial charge < -0.3 is 10.1 Å². The van der Waals surface area contributed by atoms with Crippen molar-refractivity contribution in [3.05, 3.63) is 54.5 Å². The van der Waals surface area contributed by atoms with E-state index in [9.17, 15) is 0 Å². The van der Waals surface area contributed by atoms with Gasteiger partial charge in [-0.3, -0.25) is 9.88 Å². The lowest BCUT2D eigenvalue weighted by atomic mass is 9.88. The first-order valence-corrected chi connectivity index (χ1v) is 8.74. The van der Waals surface area contributed by atoms with E-state index in [1.807, 2.05) is 0 Å². The summed E-state index contributed by atoms with van der Waals surface area (Å²) in [5.74, 6) is 0.833. The van der Waals surface area contributed by atoms with Crippen LogP contribution >= 0.6 is 0 Å². The Kier molecular flexibility index (Phi) is 4.45. The van der Waals surface area contributed by atoms with Gasteiger partial charge in [0.1, 0.15) is 5.82 Å². The molecule has 0 bridgehead atoms. The number of likely N-dealkylation sites (tertiary alicyclic amines) is 1. The maximum absolute atomic E-state index is 6.28. The molecule has 5 heteroatoms.